The van der Waals surface area contributed by atoms with E-state index in [1.807, 2.05) is 0 Å². The van der Waals surface area contributed by atoms with Crippen LogP contribution in [0.3, 0.4) is 0 Å². The van der Waals surface area contributed by atoms with Crippen molar-refractivity contribution in [1.29, 1.82) is 0 Å². The van der Waals surface area contributed by atoms with Gasteiger partial charge in [-0.25, -0.2) is 9.59 Å². The van der Waals surface area contributed by atoms with Crippen LogP contribution in [0, 0.1) is 0 Å². The van der Waals surface area contributed by atoms with Crippen molar-refractivity contribution in [3.8, 4) is 0 Å². The first kappa shape index (κ1) is 38.1. The Bertz CT molecular complexity index is 739. The molecule has 0 radical (unpaired) electrons. The van der Waals surface area contributed by atoms with Gasteiger partial charge in [0.05, 0.1) is 24.3 Å². The minimum Gasteiger partial charge on any atom is -0.462 e. The molecule has 0 bridgehead atoms. The van der Waals surface area contributed by atoms with E-state index in [1.54, 1.807) is 24.3 Å². The zero-order valence-corrected chi connectivity index (χ0v) is 27.8. The van der Waals surface area contributed by atoms with Gasteiger partial charge in [0.1, 0.15) is 0 Å². The number of carbonyl (C=O) groups is 2. The molecule has 1 rings (SSSR count). The summed E-state index contributed by atoms with van der Waals surface area (Å²) in [4.78, 5) is 29.8. The lowest BCUT2D eigenvalue weighted by molar-refractivity contribution is 0.0494. The Balaban J connectivity index is 2.13. The summed E-state index contributed by atoms with van der Waals surface area (Å²) in [6.07, 6.45) is 22.3. The van der Waals surface area contributed by atoms with Crippen LogP contribution < -0.4 is 0 Å². The molecule has 0 atom stereocenters. The molecule has 0 aliphatic heterocycles. The lowest BCUT2D eigenvalue weighted by Crippen LogP contribution is -2.21. The molecule has 0 aliphatic carbocycles. The van der Waals surface area contributed by atoms with Gasteiger partial charge in [0.15, 0.2) is 0 Å². The number of benzene rings is 1. The Hall–Kier alpha value is -1.92. The second kappa shape index (κ2) is 26.7. The zero-order valence-electron chi connectivity index (χ0n) is 27.8. The number of carbonyl (C=O) groups excluding carboxylic acids is 2. The summed E-state index contributed by atoms with van der Waals surface area (Å²) in [5.74, 6) is -0.768. The maximum atomic E-state index is 12.5. The summed E-state index contributed by atoms with van der Waals surface area (Å²) in [7, 11) is 4.34. The highest BCUT2D eigenvalue weighted by atomic mass is 16.5. The van der Waals surface area contributed by atoms with Crippen LogP contribution in [-0.2, 0) is 9.47 Å². The summed E-state index contributed by atoms with van der Waals surface area (Å²) < 4.78 is 10.9. The molecule has 1 aromatic carbocycles. The van der Waals surface area contributed by atoms with E-state index in [4.69, 9.17) is 9.47 Å². The average molecular weight is 589 g/mol. The Morgan fingerprint density at radius 3 is 1.24 bits per heavy atom. The number of hydrogen-bond donors (Lipinski definition) is 0. The van der Waals surface area contributed by atoms with Gasteiger partial charge in [-0.2, -0.15) is 0 Å². The summed E-state index contributed by atoms with van der Waals surface area (Å²) in [6.45, 7) is 9.60. The van der Waals surface area contributed by atoms with Crippen molar-refractivity contribution < 1.29 is 19.1 Å². The molecule has 42 heavy (non-hydrogen) atoms. The van der Waals surface area contributed by atoms with Gasteiger partial charge < -0.3 is 19.3 Å². The van der Waals surface area contributed by atoms with Gasteiger partial charge in [-0.15, -0.1) is 0 Å². The van der Waals surface area contributed by atoms with Crippen molar-refractivity contribution in [3.63, 3.8) is 0 Å². The van der Waals surface area contributed by atoms with Gasteiger partial charge in [-0.05, 0) is 97.0 Å². The summed E-state index contributed by atoms with van der Waals surface area (Å²) in [5.41, 5.74) is 0.792. The standard InChI is InChI=1S/C36H64N2O4/c1-5-7-9-11-13-15-17-26-37(3)28-19-21-30-41-35(39)33-24-23-25-34(32-33)36(40)42-31-22-20-29-38(4)27-18-16-14-12-10-8-6-2/h23-25,32H,5-22,26-31H2,1-4H3. The topological polar surface area (TPSA) is 59.1 Å². The Morgan fingerprint density at radius 1 is 0.524 bits per heavy atom. The molecule has 6 nitrogen and oxygen atoms in total. The molecule has 0 saturated carbocycles. The number of hydrogen-bond acceptors (Lipinski definition) is 6. The van der Waals surface area contributed by atoms with Gasteiger partial charge in [0, 0.05) is 0 Å². The molecule has 0 spiro atoms. The van der Waals surface area contributed by atoms with E-state index in [-0.39, 0.29) is 11.9 Å². The zero-order chi connectivity index (χ0) is 30.7. The van der Waals surface area contributed by atoms with Crippen molar-refractivity contribution in [2.24, 2.45) is 0 Å². The molecule has 242 valence electrons. The third kappa shape index (κ3) is 20.9. The third-order valence-electron chi connectivity index (χ3n) is 7.96. The Labute approximate surface area is 258 Å². The first-order chi connectivity index (χ1) is 20.5. The van der Waals surface area contributed by atoms with Gasteiger partial charge in [-0.3, -0.25) is 0 Å². The highest BCUT2D eigenvalue weighted by Gasteiger charge is 2.13. The highest BCUT2D eigenvalue weighted by molar-refractivity contribution is 5.95. The lowest BCUT2D eigenvalue weighted by atomic mass is 10.1. The van der Waals surface area contributed by atoms with E-state index < -0.39 is 0 Å². The van der Waals surface area contributed by atoms with E-state index in [0.29, 0.717) is 24.3 Å². The van der Waals surface area contributed by atoms with Gasteiger partial charge in [-0.1, -0.05) is 97.0 Å². The molecule has 0 amide bonds. The average Bonchev–Trinajstić information content (AvgIpc) is 2.99. The van der Waals surface area contributed by atoms with E-state index in [0.717, 1.165) is 51.9 Å². The Morgan fingerprint density at radius 2 is 0.857 bits per heavy atom. The largest absolute Gasteiger partial charge is 0.462 e. The van der Waals surface area contributed by atoms with Gasteiger partial charge in [0.2, 0.25) is 0 Å². The molecule has 0 fully saturated rings. The summed E-state index contributed by atoms with van der Waals surface area (Å²) in [5, 5.41) is 0. The SMILES string of the molecule is CCCCCCCCCN(C)CCCCOC(=O)c1cccc(C(=O)OCCCCN(C)CCCCCCCCC)c1. The maximum Gasteiger partial charge on any atom is 0.338 e. The van der Waals surface area contributed by atoms with Crippen LogP contribution in [0.5, 0.6) is 0 Å². The molecule has 0 aliphatic rings. The highest BCUT2D eigenvalue weighted by Crippen LogP contribution is 2.11. The van der Waals surface area contributed by atoms with E-state index in [9.17, 15) is 9.59 Å². The van der Waals surface area contributed by atoms with Gasteiger partial charge >= 0.3 is 11.9 Å². The van der Waals surface area contributed by atoms with Crippen LogP contribution in [0.25, 0.3) is 0 Å². The molecule has 6 heteroatoms. The molecular formula is C36H64N2O4. The molecule has 0 aromatic heterocycles. The molecule has 0 heterocycles. The number of ether oxygens (including phenoxy) is 2. The minimum absolute atomic E-state index is 0.384. The fraction of sp³-hybridized carbons (Fsp3) is 0.778. The number of esters is 2. The van der Waals surface area contributed by atoms with Gasteiger partial charge in [0.25, 0.3) is 0 Å². The predicted molar refractivity (Wildman–Crippen MR) is 176 cm³/mol. The predicted octanol–water partition coefficient (Wildman–Crippen LogP) is 8.93. The quantitative estimate of drug-likeness (QED) is 0.0719. The molecule has 1 aromatic rings. The Kier molecular flexibility index (Phi) is 24.2. The monoisotopic (exact) mass is 588 g/mol. The smallest absolute Gasteiger partial charge is 0.338 e. The van der Waals surface area contributed by atoms with E-state index >= 15 is 0 Å². The van der Waals surface area contributed by atoms with Crippen molar-refractivity contribution >= 4 is 11.9 Å². The van der Waals surface area contributed by atoms with Crippen molar-refractivity contribution in [2.75, 3.05) is 53.5 Å². The number of unbranched alkanes of at least 4 members (excludes halogenated alkanes) is 14. The fourth-order valence-electron chi connectivity index (χ4n) is 5.14. The first-order valence-electron chi connectivity index (χ1n) is 17.3. The van der Waals surface area contributed by atoms with Crippen molar-refractivity contribution in [1.82, 2.24) is 9.80 Å². The number of nitrogens with zero attached hydrogens (tertiary/aromatic N) is 2. The fourth-order valence-corrected chi connectivity index (χ4v) is 5.14. The molecule has 0 N–H and O–H groups in total. The summed E-state index contributed by atoms with van der Waals surface area (Å²) >= 11 is 0. The van der Waals surface area contributed by atoms with Crippen LogP contribution in [-0.4, -0.2) is 75.2 Å². The molecular weight excluding hydrogens is 524 g/mol. The maximum absolute atomic E-state index is 12.5. The molecule has 0 saturated heterocycles. The van der Waals surface area contributed by atoms with Crippen molar-refractivity contribution in [2.45, 2.75) is 129 Å². The second-order valence-electron chi connectivity index (χ2n) is 12.1. The van der Waals surface area contributed by atoms with Crippen LogP contribution in [0.4, 0.5) is 0 Å². The first-order valence-corrected chi connectivity index (χ1v) is 17.3. The molecule has 0 unspecified atom stereocenters. The van der Waals surface area contributed by atoms with E-state index in [2.05, 4.69) is 37.7 Å². The number of rotatable bonds is 28. The van der Waals surface area contributed by atoms with Crippen LogP contribution in [0.1, 0.15) is 150 Å². The lowest BCUT2D eigenvalue weighted by Gasteiger charge is -2.16. The van der Waals surface area contributed by atoms with Crippen molar-refractivity contribution in [3.05, 3.63) is 35.4 Å². The minimum atomic E-state index is -0.384. The normalized spacial score (nSPS) is 11.4. The van der Waals surface area contributed by atoms with E-state index in [1.165, 1.54) is 89.9 Å². The second-order valence-corrected chi connectivity index (χ2v) is 12.1. The summed E-state index contributed by atoms with van der Waals surface area (Å²) in [6, 6.07) is 6.67. The van der Waals surface area contributed by atoms with Crippen LogP contribution in [0.15, 0.2) is 24.3 Å². The van der Waals surface area contributed by atoms with Crippen LogP contribution >= 0.6 is 0 Å². The van der Waals surface area contributed by atoms with Crippen LogP contribution in [0.2, 0.25) is 0 Å². The third-order valence-corrected chi connectivity index (χ3v) is 7.96.